The summed E-state index contributed by atoms with van der Waals surface area (Å²) in [7, 11) is -1.51. The topological polar surface area (TPSA) is 29.5 Å². The van der Waals surface area contributed by atoms with Crippen LogP contribution in [0.1, 0.15) is 46.5 Å². The summed E-state index contributed by atoms with van der Waals surface area (Å²) >= 11 is 0. The molecule has 90 valence electrons. The minimum atomic E-state index is -1.51. The highest BCUT2D eigenvalue weighted by atomic mass is 28.4. The zero-order valence-corrected chi connectivity index (χ0v) is 11.5. The molecule has 15 heavy (non-hydrogen) atoms. The lowest BCUT2D eigenvalue weighted by atomic mass is 9.95. The first kappa shape index (κ1) is 13.2. The maximum absolute atomic E-state index is 9.92. The van der Waals surface area contributed by atoms with E-state index in [-0.39, 0.29) is 12.2 Å². The molecule has 1 fully saturated rings. The van der Waals surface area contributed by atoms with Gasteiger partial charge >= 0.3 is 0 Å². The van der Waals surface area contributed by atoms with Gasteiger partial charge in [0.05, 0.1) is 12.2 Å². The summed E-state index contributed by atoms with van der Waals surface area (Å²) in [4.78, 5) is 0. The predicted molar refractivity (Wildman–Crippen MR) is 66.5 cm³/mol. The van der Waals surface area contributed by atoms with Gasteiger partial charge in [0.1, 0.15) is 0 Å². The summed E-state index contributed by atoms with van der Waals surface area (Å²) in [5.41, 5.74) is 0. The molecule has 0 saturated heterocycles. The lowest BCUT2D eigenvalue weighted by Gasteiger charge is -2.37. The minimum absolute atomic E-state index is 0.144. The van der Waals surface area contributed by atoms with Crippen LogP contribution in [0.3, 0.4) is 0 Å². The van der Waals surface area contributed by atoms with Gasteiger partial charge in [-0.25, -0.2) is 0 Å². The number of aliphatic hydroxyl groups excluding tert-OH is 1. The standard InChI is InChI=1S/C12H26O2Si/c1-4-15(5-2,6-3)14-12-10-8-7-9-11(12)13/h11-13H,4-10H2,1-3H3/t11-,12+/m0/s1. The third-order valence-electron chi connectivity index (χ3n) is 4.00. The molecule has 0 unspecified atom stereocenters. The summed E-state index contributed by atoms with van der Waals surface area (Å²) in [5.74, 6) is 0. The number of hydrogen-bond acceptors (Lipinski definition) is 2. The van der Waals surface area contributed by atoms with E-state index in [1.807, 2.05) is 0 Å². The first-order valence-electron chi connectivity index (χ1n) is 6.53. The molecular formula is C12H26O2Si. The Hall–Kier alpha value is 0.137. The molecule has 2 nitrogen and oxygen atoms in total. The first-order valence-corrected chi connectivity index (χ1v) is 9.06. The van der Waals surface area contributed by atoms with Crippen LogP contribution in [0.5, 0.6) is 0 Å². The Kier molecular flexibility index (Phi) is 5.30. The zero-order chi connectivity index (χ0) is 11.3. The molecule has 0 heterocycles. The molecule has 0 amide bonds. The van der Waals surface area contributed by atoms with E-state index < -0.39 is 8.32 Å². The van der Waals surface area contributed by atoms with Crippen LogP contribution in [-0.4, -0.2) is 25.6 Å². The predicted octanol–water partition coefficient (Wildman–Crippen LogP) is 3.31. The van der Waals surface area contributed by atoms with Crippen LogP contribution in [-0.2, 0) is 4.43 Å². The highest BCUT2D eigenvalue weighted by Crippen LogP contribution is 2.29. The van der Waals surface area contributed by atoms with E-state index in [2.05, 4.69) is 20.8 Å². The van der Waals surface area contributed by atoms with Crippen molar-refractivity contribution in [2.45, 2.75) is 76.8 Å². The van der Waals surface area contributed by atoms with Crippen molar-refractivity contribution < 1.29 is 9.53 Å². The van der Waals surface area contributed by atoms with E-state index in [0.29, 0.717) is 0 Å². The maximum Gasteiger partial charge on any atom is 0.192 e. The van der Waals surface area contributed by atoms with Crippen LogP contribution >= 0.6 is 0 Å². The minimum Gasteiger partial charge on any atom is -0.411 e. The molecule has 1 saturated carbocycles. The molecule has 3 heteroatoms. The van der Waals surface area contributed by atoms with Crippen molar-refractivity contribution in [2.24, 2.45) is 0 Å². The fraction of sp³-hybridized carbons (Fsp3) is 1.00. The van der Waals surface area contributed by atoms with Crippen molar-refractivity contribution in [2.75, 3.05) is 0 Å². The van der Waals surface area contributed by atoms with Gasteiger partial charge in [0.2, 0.25) is 0 Å². The lowest BCUT2D eigenvalue weighted by molar-refractivity contribution is 0.000252. The molecule has 0 aromatic carbocycles. The summed E-state index contributed by atoms with van der Waals surface area (Å²) in [6, 6.07) is 3.55. The molecule has 0 aliphatic heterocycles. The molecular weight excluding hydrogens is 204 g/mol. The Labute approximate surface area is 95.2 Å². The Bertz CT molecular complexity index is 172. The van der Waals surface area contributed by atoms with Gasteiger partial charge in [-0.05, 0) is 31.0 Å². The summed E-state index contributed by atoms with van der Waals surface area (Å²) < 4.78 is 6.33. The number of hydrogen-bond donors (Lipinski definition) is 1. The second kappa shape index (κ2) is 6.02. The van der Waals surface area contributed by atoms with Gasteiger partial charge in [-0.2, -0.15) is 0 Å². The number of rotatable bonds is 5. The van der Waals surface area contributed by atoms with Crippen molar-refractivity contribution in [3.8, 4) is 0 Å². The van der Waals surface area contributed by atoms with E-state index in [1.165, 1.54) is 31.0 Å². The van der Waals surface area contributed by atoms with Crippen molar-refractivity contribution in [1.29, 1.82) is 0 Å². The van der Waals surface area contributed by atoms with Crippen molar-refractivity contribution in [1.82, 2.24) is 0 Å². The van der Waals surface area contributed by atoms with Crippen LogP contribution < -0.4 is 0 Å². The normalized spacial score (nSPS) is 28.0. The molecule has 0 radical (unpaired) electrons. The van der Waals surface area contributed by atoms with Crippen LogP contribution in [0.15, 0.2) is 0 Å². The number of aliphatic hydroxyl groups is 1. The molecule has 0 aromatic heterocycles. The molecule has 0 spiro atoms. The van der Waals surface area contributed by atoms with Crippen LogP contribution in [0.4, 0.5) is 0 Å². The monoisotopic (exact) mass is 230 g/mol. The third-order valence-corrected chi connectivity index (χ3v) is 8.67. The van der Waals surface area contributed by atoms with Gasteiger partial charge in [0, 0.05) is 0 Å². The van der Waals surface area contributed by atoms with Crippen LogP contribution in [0, 0.1) is 0 Å². The maximum atomic E-state index is 9.92. The van der Waals surface area contributed by atoms with E-state index in [4.69, 9.17) is 4.43 Å². The second-order valence-corrected chi connectivity index (χ2v) is 9.47. The summed E-state index contributed by atoms with van der Waals surface area (Å²) in [6.45, 7) is 6.73. The first-order chi connectivity index (χ1) is 7.17. The van der Waals surface area contributed by atoms with Crippen molar-refractivity contribution >= 4 is 8.32 Å². The summed E-state index contributed by atoms with van der Waals surface area (Å²) in [5, 5.41) is 9.92. The van der Waals surface area contributed by atoms with Gasteiger partial charge in [0.25, 0.3) is 0 Å². The Morgan fingerprint density at radius 3 is 2.07 bits per heavy atom. The molecule has 1 aliphatic carbocycles. The Morgan fingerprint density at radius 2 is 1.60 bits per heavy atom. The molecule has 0 aromatic rings. The fourth-order valence-electron chi connectivity index (χ4n) is 2.54. The van der Waals surface area contributed by atoms with Crippen LogP contribution in [0.25, 0.3) is 0 Å². The van der Waals surface area contributed by atoms with E-state index >= 15 is 0 Å². The average molecular weight is 230 g/mol. The second-order valence-electron chi connectivity index (χ2n) is 4.75. The van der Waals surface area contributed by atoms with Gasteiger partial charge in [-0.1, -0.05) is 33.6 Å². The van der Waals surface area contributed by atoms with Crippen LogP contribution in [0.2, 0.25) is 18.1 Å². The van der Waals surface area contributed by atoms with E-state index in [0.717, 1.165) is 12.8 Å². The van der Waals surface area contributed by atoms with Gasteiger partial charge in [-0.3, -0.25) is 0 Å². The molecule has 0 bridgehead atoms. The molecule has 1 N–H and O–H groups in total. The van der Waals surface area contributed by atoms with Gasteiger partial charge < -0.3 is 9.53 Å². The molecule has 1 aliphatic rings. The highest BCUT2D eigenvalue weighted by molar-refractivity contribution is 6.73. The molecule has 2 atom stereocenters. The average Bonchev–Trinajstić information content (AvgIpc) is 2.29. The zero-order valence-electron chi connectivity index (χ0n) is 10.5. The van der Waals surface area contributed by atoms with Gasteiger partial charge in [-0.15, -0.1) is 0 Å². The Morgan fingerprint density at radius 1 is 1.07 bits per heavy atom. The molecule has 1 rings (SSSR count). The van der Waals surface area contributed by atoms with E-state index in [1.54, 1.807) is 0 Å². The van der Waals surface area contributed by atoms with Gasteiger partial charge in [0.15, 0.2) is 8.32 Å². The van der Waals surface area contributed by atoms with Crippen molar-refractivity contribution in [3.63, 3.8) is 0 Å². The Balaban J connectivity index is 2.56. The van der Waals surface area contributed by atoms with Crippen molar-refractivity contribution in [3.05, 3.63) is 0 Å². The SMILES string of the molecule is CC[Si](CC)(CC)O[C@@H]1CCCC[C@@H]1O. The summed E-state index contributed by atoms with van der Waals surface area (Å²) in [6.07, 6.45) is 4.34. The third kappa shape index (κ3) is 3.30. The fourth-order valence-corrected chi connectivity index (χ4v) is 5.45. The quantitative estimate of drug-likeness (QED) is 0.734. The van der Waals surface area contributed by atoms with E-state index in [9.17, 15) is 5.11 Å². The smallest absolute Gasteiger partial charge is 0.192 e. The highest BCUT2D eigenvalue weighted by Gasteiger charge is 2.35. The largest absolute Gasteiger partial charge is 0.411 e. The lowest BCUT2D eigenvalue weighted by Crippen LogP contribution is -2.45.